The zero-order valence-corrected chi connectivity index (χ0v) is 17.9. The van der Waals surface area contributed by atoms with Crippen molar-refractivity contribution < 1.29 is 9.18 Å². The Hall–Kier alpha value is -2.58. The number of hydrogen-bond acceptors (Lipinski definition) is 5. The molecule has 0 bridgehead atoms. The molecule has 0 aliphatic carbocycles. The van der Waals surface area contributed by atoms with E-state index >= 15 is 0 Å². The summed E-state index contributed by atoms with van der Waals surface area (Å²) in [5, 5.41) is 13.8. The molecule has 1 amide bonds. The van der Waals surface area contributed by atoms with Crippen LogP contribution in [0.15, 0.2) is 35.7 Å². The molecule has 3 aromatic rings. The highest BCUT2D eigenvalue weighted by atomic mass is 32.1. The molecular weight excluding hydrogens is 401 g/mol. The van der Waals surface area contributed by atoms with Crippen molar-refractivity contribution in [3.63, 3.8) is 0 Å². The van der Waals surface area contributed by atoms with Gasteiger partial charge in [-0.3, -0.25) is 9.69 Å². The van der Waals surface area contributed by atoms with Crippen LogP contribution in [0.3, 0.4) is 0 Å². The van der Waals surface area contributed by atoms with Crippen LogP contribution in [-0.2, 0) is 37.1 Å². The molecule has 0 saturated heterocycles. The lowest BCUT2D eigenvalue weighted by Crippen LogP contribution is -2.28. The van der Waals surface area contributed by atoms with E-state index in [0.717, 1.165) is 49.8 Å². The summed E-state index contributed by atoms with van der Waals surface area (Å²) in [4.78, 5) is 16.0. The third-order valence-corrected chi connectivity index (χ3v) is 6.49. The fourth-order valence-corrected chi connectivity index (χ4v) is 4.65. The van der Waals surface area contributed by atoms with Crippen molar-refractivity contribution in [2.75, 3.05) is 19.6 Å². The molecule has 1 N–H and O–H groups in total. The number of amides is 1. The van der Waals surface area contributed by atoms with Crippen LogP contribution in [0.2, 0.25) is 0 Å². The lowest BCUT2D eigenvalue weighted by molar-refractivity contribution is -0.120. The number of aromatic nitrogens is 3. The quantitative estimate of drug-likeness (QED) is 0.630. The van der Waals surface area contributed by atoms with E-state index in [4.69, 9.17) is 0 Å². The number of nitrogens with one attached hydrogen (secondary N) is 1. The molecule has 4 rings (SSSR count). The van der Waals surface area contributed by atoms with E-state index in [-0.39, 0.29) is 18.1 Å². The summed E-state index contributed by atoms with van der Waals surface area (Å²) in [7, 11) is 0. The van der Waals surface area contributed by atoms with Gasteiger partial charge in [-0.1, -0.05) is 12.1 Å². The summed E-state index contributed by atoms with van der Waals surface area (Å²) in [6, 6.07) is 8.19. The maximum Gasteiger partial charge on any atom is 0.224 e. The van der Waals surface area contributed by atoms with Gasteiger partial charge in [0.05, 0.1) is 6.42 Å². The molecule has 0 unspecified atom stereocenters. The molecule has 1 aliphatic rings. The number of rotatable bonds is 7. The Morgan fingerprint density at radius 1 is 1.17 bits per heavy atom. The number of halogens is 1. The minimum absolute atomic E-state index is 0.0743. The summed E-state index contributed by atoms with van der Waals surface area (Å²) in [5.74, 6) is 1.57. The van der Waals surface area contributed by atoms with Gasteiger partial charge in [-0.25, -0.2) is 4.39 Å². The van der Waals surface area contributed by atoms with Crippen molar-refractivity contribution in [2.45, 2.75) is 39.3 Å². The monoisotopic (exact) mass is 427 g/mol. The van der Waals surface area contributed by atoms with Crippen molar-refractivity contribution in [1.82, 2.24) is 25.0 Å². The standard InChI is InChI=1S/C22H26FN5OS/c1-16-8-13-30-19(16)15-27-10-7-21-26-25-20(28(21)12-11-27)6-9-24-22(29)14-17-2-4-18(23)5-3-17/h2-5,8,13H,6-7,9-12,14-15H2,1H3,(H,24,29). The van der Waals surface area contributed by atoms with Gasteiger partial charge in [0.15, 0.2) is 0 Å². The van der Waals surface area contributed by atoms with Crippen LogP contribution < -0.4 is 5.32 Å². The molecule has 0 saturated carbocycles. The summed E-state index contributed by atoms with van der Waals surface area (Å²) in [5.41, 5.74) is 2.16. The Bertz CT molecular complexity index is 997. The van der Waals surface area contributed by atoms with Crippen LogP contribution in [0, 0.1) is 12.7 Å². The third-order valence-electron chi connectivity index (χ3n) is 5.48. The van der Waals surface area contributed by atoms with Crippen LogP contribution in [-0.4, -0.2) is 45.2 Å². The fourth-order valence-electron chi connectivity index (χ4n) is 3.70. The molecular formula is C22H26FN5OS. The number of carbonyl (C=O) groups excluding carboxylic acids is 1. The highest BCUT2D eigenvalue weighted by molar-refractivity contribution is 7.10. The topological polar surface area (TPSA) is 63.1 Å². The third kappa shape index (κ3) is 5.12. The van der Waals surface area contributed by atoms with Gasteiger partial charge in [0.2, 0.25) is 5.91 Å². The second-order valence-electron chi connectivity index (χ2n) is 7.64. The Balaban J connectivity index is 1.27. The first-order valence-electron chi connectivity index (χ1n) is 10.3. The predicted molar refractivity (Wildman–Crippen MR) is 115 cm³/mol. The molecule has 0 radical (unpaired) electrons. The first kappa shape index (κ1) is 20.7. The number of hydrogen-bond donors (Lipinski definition) is 1. The van der Waals surface area contributed by atoms with Gasteiger partial charge in [-0.15, -0.1) is 21.5 Å². The molecule has 30 heavy (non-hydrogen) atoms. The highest BCUT2D eigenvalue weighted by Crippen LogP contribution is 2.19. The van der Waals surface area contributed by atoms with Crippen LogP contribution in [0.1, 0.15) is 27.7 Å². The number of fused-ring (bicyclic) bond motifs is 1. The van der Waals surface area contributed by atoms with Crippen molar-refractivity contribution in [3.8, 4) is 0 Å². The minimum atomic E-state index is -0.296. The first-order chi connectivity index (χ1) is 14.6. The predicted octanol–water partition coefficient (Wildman–Crippen LogP) is 2.75. The fraction of sp³-hybridized carbons (Fsp3) is 0.409. The molecule has 1 aliphatic heterocycles. The molecule has 158 valence electrons. The van der Waals surface area contributed by atoms with Gasteiger partial charge in [0, 0.05) is 50.4 Å². The average Bonchev–Trinajstić information content (AvgIpc) is 3.25. The molecule has 3 heterocycles. The molecule has 1 aromatic carbocycles. The van der Waals surface area contributed by atoms with E-state index < -0.39 is 0 Å². The van der Waals surface area contributed by atoms with Crippen molar-refractivity contribution >= 4 is 17.2 Å². The van der Waals surface area contributed by atoms with Crippen LogP contribution in [0.5, 0.6) is 0 Å². The first-order valence-corrected chi connectivity index (χ1v) is 11.1. The largest absolute Gasteiger partial charge is 0.355 e. The Labute approximate surface area is 179 Å². The second kappa shape index (κ2) is 9.49. The molecule has 0 fully saturated rings. The molecule has 0 spiro atoms. The summed E-state index contributed by atoms with van der Waals surface area (Å²) < 4.78 is 15.2. The highest BCUT2D eigenvalue weighted by Gasteiger charge is 2.19. The Kier molecular flexibility index (Phi) is 6.54. The van der Waals surface area contributed by atoms with Crippen LogP contribution >= 0.6 is 11.3 Å². The Morgan fingerprint density at radius 3 is 2.77 bits per heavy atom. The van der Waals surface area contributed by atoms with Crippen LogP contribution in [0.25, 0.3) is 0 Å². The van der Waals surface area contributed by atoms with Gasteiger partial charge >= 0.3 is 0 Å². The van der Waals surface area contributed by atoms with Crippen molar-refractivity contribution in [3.05, 3.63) is 69.2 Å². The molecule has 8 heteroatoms. The van der Waals surface area contributed by atoms with E-state index in [9.17, 15) is 9.18 Å². The van der Waals surface area contributed by atoms with Gasteiger partial charge < -0.3 is 9.88 Å². The lowest BCUT2D eigenvalue weighted by Gasteiger charge is -2.19. The zero-order valence-electron chi connectivity index (χ0n) is 17.1. The molecule has 2 aromatic heterocycles. The van der Waals surface area contributed by atoms with Gasteiger partial charge in [0.25, 0.3) is 0 Å². The van der Waals surface area contributed by atoms with Gasteiger partial charge in [-0.05, 0) is 41.6 Å². The second-order valence-corrected chi connectivity index (χ2v) is 8.64. The lowest BCUT2D eigenvalue weighted by atomic mass is 10.1. The maximum atomic E-state index is 13.0. The SMILES string of the molecule is Cc1ccsc1CN1CCc2nnc(CCNC(=O)Cc3ccc(F)cc3)n2CC1. The van der Waals surface area contributed by atoms with E-state index in [1.165, 1.54) is 22.6 Å². The molecule has 0 atom stereocenters. The van der Waals surface area contributed by atoms with Gasteiger partial charge in [0.1, 0.15) is 17.5 Å². The van der Waals surface area contributed by atoms with E-state index in [2.05, 4.69) is 43.4 Å². The normalized spacial score (nSPS) is 14.3. The van der Waals surface area contributed by atoms with Crippen molar-refractivity contribution in [2.24, 2.45) is 0 Å². The van der Waals surface area contributed by atoms with E-state index in [1.54, 1.807) is 12.1 Å². The Morgan fingerprint density at radius 2 is 2.00 bits per heavy atom. The van der Waals surface area contributed by atoms with Crippen molar-refractivity contribution in [1.29, 1.82) is 0 Å². The number of thiophene rings is 1. The summed E-state index contributed by atoms with van der Waals surface area (Å²) >= 11 is 1.82. The summed E-state index contributed by atoms with van der Waals surface area (Å²) in [6.07, 6.45) is 1.77. The molecule has 6 nitrogen and oxygen atoms in total. The number of nitrogens with zero attached hydrogens (tertiary/aromatic N) is 4. The van der Waals surface area contributed by atoms with Gasteiger partial charge in [-0.2, -0.15) is 0 Å². The maximum absolute atomic E-state index is 13.0. The van der Waals surface area contributed by atoms with Crippen LogP contribution in [0.4, 0.5) is 4.39 Å². The van der Waals surface area contributed by atoms with E-state index in [0.29, 0.717) is 13.0 Å². The average molecular weight is 428 g/mol. The number of carbonyl (C=O) groups is 1. The number of aryl methyl sites for hydroxylation is 1. The summed E-state index contributed by atoms with van der Waals surface area (Å²) in [6.45, 7) is 6.47. The van der Waals surface area contributed by atoms with E-state index in [1.807, 2.05) is 11.3 Å². The smallest absolute Gasteiger partial charge is 0.224 e. The zero-order chi connectivity index (χ0) is 20.9. The number of benzene rings is 1. The minimum Gasteiger partial charge on any atom is -0.355 e.